The maximum absolute atomic E-state index is 14.5. The Morgan fingerprint density at radius 3 is 1.13 bits per heavy atom. The smallest absolute Gasteiger partial charge is 0.260 e. The summed E-state index contributed by atoms with van der Waals surface area (Å²) >= 11 is 0. The fourth-order valence-corrected chi connectivity index (χ4v) is 7.54. The van der Waals surface area contributed by atoms with Gasteiger partial charge in [0.05, 0.1) is 11.4 Å². The minimum atomic E-state index is -2.75. The lowest BCUT2D eigenvalue weighted by Crippen LogP contribution is -2.22. The summed E-state index contributed by atoms with van der Waals surface area (Å²) < 4.78 is 19.0. The second kappa shape index (κ2) is 9.82. The van der Waals surface area contributed by atoms with Gasteiger partial charge < -0.3 is 9.34 Å². The van der Waals surface area contributed by atoms with Gasteiger partial charge in [-0.2, -0.15) is 0 Å². The normalized spacial score (nSPS) is 15.7. The third kappa shape index (κ3) is 4.31. The molecule has 0 atom stereocenters. The maximum Gasteiger partial charge on any atom is 0.260 e. The van der Waals surface area contributed by atoms with E-state index in [-0.39, 0.29) is 0 Å². The van der Waals surface area contributed by atoms with Crippen molar-refractivity contribution in [2.24, 2.45) is 0 Å². The van der Waals surface area contributed by atoms with Crippen molar-refractivity contribution in [2.45, 2.75) is 80.1 Å². The third-order valence-electron chi connectivity index (χ3n) is 6.93. The van der Waals surface area contributed by atoms with Gasteiger partial charge in [-0.05, 0) is 71.9 Å². The van der Waals surface area contributed by atoms with Crippen molar-refractivity contribution in [2.75, 3.05) is 29.1 Å². The van der Waals surface area contributed by atoms with Gasteiger partial charge in [0, 0.05) is 19.8 Å². The van der Waals surface area contributed by atoms with Gasteiger partial charge >= 0.3 is 0 Å². The molecule has 31 heavy (non-hydrogen) atoms. The van der Waals surface area contributed by atoms with Crippen LogP contribution in [0.3, 0.4) is 0 Å². The summed E-state index contributed by atoms with van der Waals surface area (Å²) in [6.07, 6.45) is 5.96. The Kier molecular flexibility index (Phi) is 7.58. The SMILES string of the molecule is CCc1cc(CC)c(N2CCN(c3c(CC)cc(CC)cc3CC)P2(C)=O)c(CC)c1. The lowest BCUT2D eigenvalue weighted by molar-refractivity contribution is 0.578. The summed E-state index contributed by atoms with van der Waals surface area (Å²) in [4.78, 5) is 0. The fraction of sp³-hybridized carbons (Fsp3) is 0.556. The zero-order chi connectivity index (χ0) is 22.8. The third-order valence-corrected chi connectivity index (χ3v) is 9.52. The number of anilines is 2. The fourth-order valence-electron chi connectivity index (χ4n) is 5.10. The van der Waals surface area contributed by atoms with E-state index in [1.54, 1.807) is 0 Å². The summed E-state index contributed by atoms with van der Waals surface area (Å²) in [5.74, 6) is 0. The van der Waals surface area contributed by atoms with E-state index >= 15 is 0 Å². The second-order valence-corrected chi connectivity index (χ2v) is 11.4. The van der Waals surface area contributed by atoms with Crippen LogP contribution < -0.4 is 9.34 Å². The van der Waals surface area contributed by atoms with E-state index in [0.717, 1.165) is 51.6 Å². The van der Waals surface area contributed by atoms with Crippen molar-refractivity contribution < 1.29 is 4.57 Å². The molecular formula is C27H41N2OP. The molecule has 4 heteroatoms. The molecule has 0 aromatic heterocycles. The lowest BCUT2D eigenvalue weighted by atomic mass is 9.97. The van der Waals surface area contributed by atoms with Crippen LogP contribution >= 0.6 is 7.44 Å². The summed E-state index contributed by atoms with van der Waals surface area (Å²) in [5, 5.41) is 0. The Labute approximate surface area is 190 Å². The van der Waals surface area contributed by atoms with Gasteiger partial charge in [-0.15, -0.1) is 0 Å². The molecule has 1 aliphatic heterocycles. The molecule has 0 N–H and O–H groups in total. The van der Waals surface area contributed by atoms with Crippen LogP contribution in [0.25, 0.3) is 0 Å². The van der Waals surface area contributed by atoms with Crippen LogP contribution in [0.15, 0.2) is 24.3 Å². The quantitative estimate of drug-likeness (QED) is 0.405. The average Bonchev–Trinajstić information content (AvgIpc) is 3.10. The Balaban J connectivity index is 2.14. The molecule has 1 saturated heterocycles. The molecule has 0 saturated carbocycles. The largest absolute Gasteiger partial charge is 0.305 e. The molecule has 2 aromatic carbocycles. The molecule has 0 aliphatic carbocycles. The Morgan fingerprint density at radius 1 is 0.613 bits per heavy atom. The molecule has 1 heterocycles. The van der Waals surface area contributed by atoms with Gasteiger partial charge in [0.25, 0.3) is 7.44 Å². The van der Waals surface area contributed by atoms with E-state index in [1.165, 1.54) is 44.8 Å². The van der Waals surface area contributed by atoms with Gasteiger partial charge in [0.2, 0.25) is 0 Å². The Morgan fingerprint density at radius 2 is 0.903 bits per heavy atom. The molecule has 0 radical (unpaired) electrons. The van der Waals surface area contributed by atoms with E-state index in [1.807, 2.05) is 6.66 Å². The van der Waals surface area contributed by atoms with Crippen LogP contribution in [-0.2, 0) is 43.1 Å². The minimum absolute atomic E-state index is 0.821. The van der Waals surface area contributed by atoms with Crippen molar-refractivity contribution in [3.63, 3.8) is 0 Å². The van der Waals surface area contributed by atoms with Crippen LogP contribution in [0.2, 0.25) is 0 Å². The summed E-state index contributed by atoms with van der Waals surface area (Å²) in [6.45, 7) is 16.9. The molecule has 170 valence electrons. The molecule has 0 unspecified atom stereocenters. The summed E-state index contributed by atoms with van der Waals surface area (Å²) in [6, 6.07) is 9.34. The number of nitrogens with zero attached hydrogens (tertiary/aromatic N) is 2. The van der Waals surface area contributed by atoms with E-state index < -0.39 is 7.44 Å². The first-order valence-electron chi connectivity index (χ1n) is 12.3. The van der Waals surface area contributed by atoms with Crippen LogP contribution in [0.4, 0.5) is 11.4 Å². The first-order chi connectivity index (χ1) is 14.9. The number of rotatable bonds is 8. The van der Waals surface area contributed by atoms with Gasteiger partial charge in [0.15, 0.2) is 0 Å². The highest BCUT2D eigenvalue weighted by atomic mass is 31.2. The zero-order valence-corrected chi connectivity index (χ0v) is 21.6. The van der Waals surface area contributed by atoms with Crippen molar-refractivity contribution in [3.8, 4) is 0 Å². The van der Waals surface area contributed by atoms with E-state index in [9.17, 15) is 4.57 Å². The number of hydrogen-bond acceptors (Lipinski definition) is 1. The van der Waals surface area contributed by atoms with Crippen LogP contribution in [0.1, 0.15) is 74.9 Å². The van der Waals surface area contributed by atoms with Gasteiger partial charge in [-0.3, -0.25) is 4.57 Å². The highest BCUT2D eigenvalue weighted by Gasteiger charge is 2.42. The number of hydrogen-bond donors (Lipinski definition) is 0. The number of aryl methyl sites for hydroxylation is 6. The molecule has 0 amide bonds. The van der Waals surface area contributed by atoms with Crippen LogP contribution in [0, 0.1) is 0 Å². The first-order valence-corrected chi connectivity index (χ1v) is 14.3. The molecule has 0 spiro atoms. The van der Waals surface area contributed by atoms with Crippen molar-refractivity contribution in [3.05, 3.63) is 57.6 Å². The monoisotopic (exact) mass is 440 g/mol. The summed E-state index contributed by atoms with van der Waals surface area (Å²) in [7, 11) is -2.75. The molecule has 1 aliphatic rings. The highest BCUT2D eigenvalue weighted by molar-refractivity contribution is 7.66. The standard InChI is InChI=1S/C27H41N2OP/c1-8-20-16-22(10-3)26(23(11-4)17-20)28-14-15-29(31(28,7)30)27-24(12-5)18-21(9-2)19-25(27)13-6/h16-19H,8-15H2,1-7H3. The van der Waals surface area contributed by atoms with Crippen molar-refractivity contribution in [1.29, 1.82) is 0 Å². The van der Waals surface area contributed by atoms with Crippen molar-refractivity contribution >= 4 is 18.8 Å². The molecule has 3 rings (SSSR count). The molecule has 3 nitrogen and oxygen atoms in total. The van der Waals surface area contributed by atoms with E-state index in [0.29, 0.717) is 0 Å². The second-order valence-electron chi connectivity index (χ2n) is 8.73. The maximum atomic E-state index is 14.5. The minimum Gasteiger partial charge on any atom is -0.305 e. The van der Waals surface area contributed by atoms with Gasteiger partial charge in [0.1, 0.15) is 0 Å². The first kappa shape index (κ1) is 23.9. The summed E-state index contributed by atoms with van der Waals surface area (Å²) in [5.41, 5.74) is 10.6. The van der Waals surface area contributed by atoms with Crippen LogP contribution in [-0.4, -0.2) is 19.8 Å². The highest BCUT2D eigenvalue weighted by Crippen LogP contribution is 2.60. The molecule has 0 bridgehead atoms. The molecule has 2 aromatic rings. The van der Waals surface area contributed by atoms with E-state index in [2.05, 4.69) is 75.1 Å². The Hall–Kier alpha value is -1.73. The van der Waals surface area contributed by atoms with Gasteiger partial charge in [-0.25, -0.2) is 0 Å². The lowest BCUT2D eigenvalue weighted by Gasteiger charge is -2.34. The van der Waals surface area contributed by atoms with Gasteiger partial charge in [-0.1, -0.05) is 65.8 Å². The molecular weight excluding hydrogens is 399 g/mol. The van der Waals surface area contributed by atoms with E-state index in [4.69, 9.17) is 0 Å². The molecule has 1 fully saturated rings. The zero-order valence-electron chi connectivity index (χ0n) is 20.7. The predicted octanol–water partition coefficient (Wildman–Crippen LogP) is 7.21. The predicted molar refractivity (Wildman–Crippen MR) is 137 cm³/mol. The average molecular weight is 441 g/mol. The van der Waals surface area contributed by atoms with Crippen molar-refractivity contribution in [1.82, 2.24) is 0 Å². The number of benzene rings is 2. The topological polar surface area (TPSA) is 23.6 Å². The Bertz CT molecular complexity index is 856. The van der Waals surface area contributed by atoms with Crippen LogP contribution in [0.5, 0.6) is 0 Å².